The van der Waals surface area contributed by atoms with E-state index in [-0.39, 0.29) is 5.69 Å². The van der Waals surface area contributed by atoms with Gasteiger partial charge in [-0.25, -0.2) is 4.98 Å². The van der Waals surface area contributed by atoms with Gasteiger partial charge in [0.05, 0.1) is 18.4 Å². The van der Waals surface area contributed by atoms with Crippen molar-refractivity contribution in [3.05, 3.63) is 82.4 Å². The number of imidazole rings is 1. The first kappa shape index (κ1) is 19.4. The molecule has 8 heteroatoms. The highest BCUT2D eigenvalue weighted by Crippen LogP contribution is 2.29. The molecule has 146 valence electrons. The number of nitro groups is 1. The highest BCUT2D eigenvalue weighted by molar-refractivity contribution is 5.43. The van der Waals surface area contributed by atoms with E-state index in [0.717, 1.165) is 24.2 Å². The predicted octanol–water partition coefficient (Wildman–Crippen LogP) is 3.17. The van der Waals surface area contributed by atoms with Crippen LogP contribution in [-0.4, -0.2) is 28.1 Å². The fourth-order valence-electron chi connectivity index (χ4n) is 2.68. The normalized spacial score (nSPS) is 10.6. The van der Waals surface area contributed by atoms with Crippen LogP contribution in [0.1, 0.15) is 11.1 Å². The fraction of sp³-hybridized carbons (Fsp3) is 0.250. The van der Waals surface area contributed by atoms with Crippen molar-refractivity contribution in [2.75, 3.05) is 13.7 Å². The number of hydrogen-bond acceptors (Lipinski definition) is 6. The molecule has 0 saturated heterocycles. The minimum absolute atomic E-state index is 0.0613. The number of nitrogens with zero attached hydrogens (tertiary/aromatic N) is 3. The number of hydrogen-bond donors (Lipinski definition) is 1. The van der Waals surface area contributed by atoms with E-state index in [0.29, 0.717) is 24.7 Å². The maximum atomic E-state index is 10.7. The average molecular weight is 382 g/mol. The Morgan fingerprint density at radius 1 is 1.14 bits per heavy atom. The molecule has 1 N–H and O–H groups in total. The van der Waals surface area contributed by atoms with Gasteiger partial charge in [0.15, 0.2) is 11.5 Å². The Labute approximate surface area is 162 Å². The summed E-state index contributed by atoms with van der Waals surface area (Å²) >= 11 is 0. The van der Waals surface area contributed by atoms with Gasteiger partial charge in [-0.2, -0.15) is 0 Å². The van der Waals surface area contributed by atoms with Gasteiger partial charge in [-0.3, -0.25) is 10.1 Å². The zero-order valence-corrected chi connectivity index (χ0v) is 15.6. The molecule has 28 heavy (non-hydrogen) atoms. The third kappa shape index (κ3) is 5.31. The number of nitro benzene ring substituents is 1. The molecule has 0 saturated carbocycles. The van der Waals surface area contributed by atoms with E-state index in [2.05, 4.69) is 10.3 Å². The van der Waals surface area contributed by atoms with Crippen LogP contribution in [0.3, 0.4) is 0 Å². The molecule has 0 fully saturated rings. The molecule has 8 nitrogen and oxygen atoms in total. The molecule has 0 aliphatic heterocycles. The fourth-order valence-corrected chi connectivity index (χ4v) is 2.68. The van der Waals surface area contributed by atoms with Crippen LogP contribution < -0.4 is 14.8 Å². The third-order valence-corrected chi connectivity index (χ3v) is 4.20. The zero-order valence-electron chi connectivity index (χ0n) is 15.6. The summed E-state index contributed by atoms with van der Waals surface area (Å²) in [5, 5.41) is 14.1. The quantitative estimate of drug-likeness (QED) is 0.329. The molecule has 0 atom stereocenters. The van der Waals surface area contributed by atoms with Gasteiger partial charge in [-0.1, -0.05) is 6.07 Å². The van der Waals surface area contributed by atoms with Crippen LogP contribution in [0.5, 0.6) is 11.5 Å². The lowest BCUT2D eigenvalue weighted by Gasteiger charge is -2.13. The molecular weight excluding hydrogens is 360 g/mol. The van der Waals surface area contributed by atoms with Gasteiger partial charge in [-0.05, 0) is 35.4 Å². The van der Waals surface area contributed by atoms with Gasteiger partial charge in [0.2, 0.25) is 0 Å². The molecule has 0 radical (unpaired) electrons. The number of aromatic nitrogens is 2. The van der Waals surface area contributed by atoms with Crippen molar-refractivity contribution >= 4 is 5.69 Å². The molecule has 0 aliphatic carbocycles. The van der Waals surface area contributed by atoms with Gasteiger partial charge in [0.1, 0.15) is 6.61 Å². The Morgan fingerprint density at radius 3 is 2.61 bits per heavy atom. The van der Waals surface area contributed by atoms with Gasteiger partial charge >= 0.3 is 0 Å². The summed E-state index contributed by atoms with van der Waals surface area (Å²) in [4.78, 5) is 14.3. The van der Waals surface area contributed by atoms with Crippen molar-refractivity contribution in [2.45, 2.75) is 19.7 Å². The topological polar surface area (TPSA) is 91.5 Å². The van der Waals surface area contributed by atoms with Crippen LogP contribution in [0.25, 0.3) is 0 Å². The van der Waals surface area contributed by atoms with Gasteiger partial charge in [-0.15, -0.1) is 0 Å². The van der Waals surface area contributed by atoms with Crippen LogP contribution in [0.4, 0.5) is 5.69 Å². The maximum Gasteiger partial charge on any atom is 0.269 e. The molecule has 0 amide bonds. The lowest BCUT2D eigenvalue weighted by molar-refractivity contribution is -0.384. The molecule has 2 aromatic carbocycles. The Kier molecular flexibility index (Phi) is 6.59. The molecule has 0 aliphatic rings. The average Bonchev–Trinajstić information content (AvgIpc) is 3.24. The zero-order chi connectivity index (χ0) is 19.8. The highest BCUT2D eigenvalue weighted by atomic mass is 16.6. The minimum atomic E-state index is -0.421. The van der Waals surface area contributed by atoms with Gasteiger partial charge < -0.3 is 19.4 Å². The van der Waals surface area contributed by atoms with E-state index in [4.69, 9.17) is 9.47 Å². The smallest absolute Gasteiger partial charge is 0.269 e. The maximum absolute atomic E-state index is 10.7. The van der Waals surface area contributed by atoms with Crippen LogP contribution in [-0.2, 0) is 19.7 Å². The number of benzene rings is 2. The van der Waals surface area contributed by atoms with Crippen LogP contribution in [0, 0.1) is 10.1 Å². The standard InChI is InChI=1S/C20H22N4O4/c1-27-20-12-17(13-21-8-10-23-11-9-22-15-23)4-7-19(20)28-14-16-2-5-18(6-3-16)24(25)26/h2-7,9,11-12,15,21H,8,10,13-14H2,1H3. The molecule has 0 spiro atoms. The first-order valence-corrected chi connectivity index (χ1v) is 8.85. The summed E-state index contributed by atoms with van der Waals surface area (Å²) in [5.41, 5.74) is 1.99. The Morgan fingerprint density at radius 2 is 1.93 bits per heavy atom. The highest BCUT2D eigenvalue weighted by Gasteiger charge is 2.08. The number of rotatable bonds is 10. The summed E-state index contributed by atoms with van der Waals surface area (Å²) in [6, 6.07) is 12.1. The largest absolute Gasteiger partial charge is 0.493 e. The van der Waals surface area contributed by atoms with E-state index in [1.807, 2.05) is 29.0 Å². The second-order valence-corrected chi connectivity index (χ2v) is 6.17. The molecule has 0 unspecified atom stereocenters. The van der Waals surface area contributed by atoms with Crippen molar-refractivity contribution in [1.82, 2.24) is 14.9 Å². The molecular formula is C20H22N4O4. The van der Waals surface area contributed by atoms with E-state index in [9.17, 15) is 10.1 Å². The Hall–Kier alpha value is -3.39. The Bertz CT molecular complexity index is 895. The number of nitrogens with one attached hydrogen (secondary N) is 1. The summed E-state index contributed by atoms with van der Waals surface area (Å²) in [7, 11) is 1.60. The molecule has 3 rings (SSSR count). The molecule has 3 aromatic rings. The Balaban J connectivity index is 1.52. The molecule has 1 heterocycles. The van der Waals surface area contributed by atoms with E-state index in [1.54, 1.807) is 31.8 Å². The SMILES string of the molecule is COc1cc(CNCCn2ccnc2)ccc1OCc1ccc([N+](=O)[O-])cc1. The van der Waals surface area contributed by atoms with Crippen molar-refractivity contribution < 1.29 is 14.4 Å². The number of methoxy groups -OCH3 is 1. The predicted molar refractivity (Wildman–Crippen MR) is 104 cm³/mol. The van der Waals surface area contributed by atoms with Gasteiger partial charge in [0, 0.05) is 44.2 Å². The summed E-state index contributed by atoms with van der Waals surface area (Å²) < 4.78 is 13.3. The second-order valence-electron chi connectivity index (χ2n) is 6.17. The minimum Gasteiger partial charge on any atom is -0.493 e. The van der Waals surface area contributed by atoms with E-state index < -0.39 is 4.92 Å². The summed E-state index contributed by atoms with van der Waals surface area (Å²) in [5.74, 6) is 1.28. The van der Waals surface area contributed by atoms with Gasteiger partial charge in [0.25, 0.3) is 5.69 Å². The van der Waals surface area contributed by atoms with Crippen LogP contribution in [0.15, 0.2) is 61.2 Å². The monoisotopic (exact) mass is 382 g/mol. The third-order valence-electron chi connectivity index (χ3n) is 4.20. The van der Waals surface area contributed by atoms with Crippen molar-refractivity contribution in [1.29, 1.82) is 0 Å². The summed E-state index contributed by atoms with van der Waals surface area (Å²) in [6.07, 6.45) is 5.49. The van der Waals surface area contributed by atoms with Crippen molar-refractivity contribution in [3.63, 3.8) is 0 Å². The summed E-state index contributed by atoms with van der Waals surface area (Å²) in [6.45, 7) is 2.70. The lowest BCUT2D eigenvalue weighted by Crippen LogP contribution is -2.19. The van der Waals surface area contributed by atoms with E-state index >= 15 is 0 Å². The van der Waals surface area contributed by atoms with Crippen molar-refractivity contribution in [2.24, 2.45) is 0 Å². The second kappa shape index (κ2) is 9.52. The van der Waals surface area contributed by atoms with Crippen molar-refractivity contribution in [3.8, 4) is 11.5 Å². The van der Waals surface area contributed by atoms with E-state index in [1.165, 1.54) is 12.1 Å². The number of ether oxygens (including phenoxy) is 2. The first-order chi connectivity index (χ1) is 13.7. The first-order valence-electron chi connectivity index (χ1n) is 8.85. The van der Waals surface area contributed by atoms with Crippen LogP contribution >= 0.6 is 0 Å². The lowest BCUT2D eigenvalue weighted by atomic mass is 10.2. The molecule has 0 bridgehead atoms. The molecule has 1 aromatic heterocycles. The number of non-ortho nitro benzene ring substituents is 1. The van der Waals surface area contributed by atoms with Crippen LogP contribution in [0.2, 0.25) is 0 Å².